The van der Waals surface area contributed by atoms with Crippen LogP contribution in [0.15, 0.2) is 109 Å². The smallest absolute Gasteiger partial charge is 0.0584 e. The fraction of sp³-hybridized carbons (Fsp3) is 0. The van der Waals surface area contributed by atoms with Crippen LogP contribution in [-0.4, -0.2) is 9.97 Å². The van der Waals surface area contributed by atoms with E-state index in [9.17, 15) is 0 Å². The third kappa shape index (κ3) is 6.56. The predicted octanol–water partition coefficient (Wildman–Crippen LogP) is 6.51. The van der Waals surface area contributed by atoms with Gasteiger partial charge in [-0.05, 0) is 46.1 Å². The molecule has 1 radical (unpaired) electrons. The standard InChI is InChI=1S/C19H10N3.C11H8N.Ir/c20-12-17-7-6-16(10-18(17)13-21)19-11-15(8-9-22-19)14-4-2-1-3-5-14;1-2-6-10(7-3-1)11-8-4-5-9-12-11;/h1-9,11H;1-6,8-9H;/q2*-1;. The SMILES string of the molecule is N#Cc1[c-]c(-c2cc(-c3ccccc3)ccn2)ccc1C#N.[Ir].[c-]1ccccc1-c1ccccn1. The fourth-order valence-corrected chi connectivity index (χ4v) is 3.29. The van der Waals surface area contributed by atoms with Crippen molar-refractivity contribution in [2.45, 2.75) is 0 Å². The van der Waals surface area contributed by atoms with E-state index in [0.29, 0.717) is 11.1 Å². The summed E-state index contributed by atoms with van der Waals surface area (Å²) in [5.74, 6) is 0. The van der Waals surface area contributed by atoms with Crippen LogP contribution in [0.2, 0.25) is 0 Å². The van der Waals surface area contributed by atoms with Crippen LogP contribution in [0, 0.1) is 34.8 Å². The molecule has 0 saturated carbocycles. The first-order valence-corrected chi connectivity index (χ1v) is 10.5. The fourth-order valence-electron chi connectivity index (χ4n) is 3.29. The van der Waals surface area contributed by atoms with Crippen molar-refractivity contribution in [3.8, 4) is 45.8 Å². The van der Waals surface area contributed by atoms with Gasteiger partial charge in [0.05, 0.1) is 6.07 Å². The van der Waals surface area contributed by atoms with E-state index in [1.165, 1.54) is 0 Å². The van der Waals surface area contributed by atoms with Crippen LogP contribution < -0.4 is 0 Å². The van der Waals surface area contributed by atoms with Gasteiger partial charge in [0.1, 0.15) is 0 Å². The molecule has 5 heteroatoms. The quantitative estimate of drug-likeness (QED) is 0.214. The number of benzene rings is 3. The number of nitrogens with zero attached hydrogens (tertiary/aromatic N) is 4. The summed E-state index contributed by atoms with van der Waals surface area (Å²) in [6.07, 6.45) is 3.52. The molecule has 5 rings (SSSR count). The number of rotatable bonds is 3. The average Bonchev–Trinajstić information content (AvgIpc) is 2.94. The van der Waals surface area contributed by atoms with Crippen molar-refractivity contribution >= 4 is 0 Å². The third-order valence-electron chi connectivity index (χ3n) is 4.97. The molecule has 2 heterocycles. The maximum Gasteiger partial charge on any atom is 0.0584 e. The molecule has 169 valence electrons. The van der Waals surface area contributed by atoms with Gasteiger partial charge in [-0.2, -0.15) is 0 Å². The molecule has 2 aromatic heterocycles. The van der Waals surface area contributed by atoms with E-state index in [1.807, 2.05) is 97.1 Å². The van der Waals surface area contributed by atoms with Gasteiger partial charge in [0.2, 0.25) is 0 Å². The van der Waals surface area contributed by atoms with Crippen LogP contribution in [-0.2, 0) is 20.1 Å². The molecule has 0 N–H and O–H groups in total. The van der Waals surface area contributed by atoms with Crippen molar-refractivity contribution in [1.29, 1.82) is 10.5 Å². The maximum atomic E-state index is 9.10. The molecule has 0 fully saturated rings. The second-order valence-electron chi connectivity index (χ2n) is 7.17. The molecule has 0 bridgehead atoms. The summed E-state index contributed by atoms with van der Waals surface area (Å²) in [6.45, 7) is 0. The molecule has 5 aromatic rings. The summed E-state index contributed by atoms with van der Waals surface area (Å²) in [5.41, 5.74) is 6.14. The molecule has 0 aliphatic carbocycles. The minimum atomic E-state index is 0. The Hall–Kier alpha value is -4.41. The summed E-state index contributed by atoms with van der Waals surface area (Å²) in [6, 6.07) is 41.0. The molecule has 0 aliphatic heterocycles. The first-order valence-electron chi connectivity index (χ1n) is 10.5. The van der Waals surface area contributed by atoms with Crippen LogP contribution in [0.1, 0.15) is 11.1 Å². The number of nitriles is 2. The van der Waals surface area contributed by atoms with Crippen molar-refractivity contribution in [2.24, 2.45) is 0 Å². The summed E-state index contributed by atoms with van der Waals surface area (Å²) in [7, 11) is 0. The summed E-state index contributed by atoms with van der Waals surface area (Å²) >= 11 is 0. The van der Waals surface area contributed by atoms with Crippen LogP contribution in [0.5, 0.6) is 0 Å². The molecule has 0 atom stereocenters. The summed E-state index contributed by atoms with van der Waals surface area (Å²) in [4.78, 5) is 8.56. The monoisotopic (exact) mass is 627 g/mol. The first-order chi connectivity index (χ1) is 16.8. The second kappa shape index (κ2) is 12.7. The average molecular weight is 627 g/mol. The van der Waals surface area contributed by atoms with E-state index in [2.05, 4.69) is 22.1 Å². The molecule has 0 unspecified atom stereocenters. The Morgan fingerprint density at radius 2 is 1.40 bits per heavy atom. The molecule has 35 heavy (non-hydrogen) atoms. The molecule has 0 aliphatic rings. The number of hydrogen-bond donors (Lipinski definition) is 0. The Labute approximate surface area is 218 Å². The minimum Gasteiger partial charge on any atom is -0.305 e. The molecule has 0 amide bonds. The first kappa shape index (κ1) is 25.2. The molecule has 0 saturated heterocycles. The van der Waals surface area contributed by atoms with E-state index >= 15 is 0 Å². The third-order valence-corrected chi connectivity index (χ3v) is 4.97. The summed E-state index contributed by atoms with van der Waals surface area (Å²) in [5, 5.41) is 18.1. The van der Waals surface area contributed by atoms with Crippen molar-refractivity contribution in [3.05, 3.63) is 133 Å². The zero-order valence-electron chi connectivity index (χ0n) is 18.5. The topological polar surface area (TPSA) is 73.4 Å². The van der Waals surface area contributed by atoms with Gasteiger partial charge in [0, 0.05) is 38.2 Å². The predicted molar refractivity (Wildman–Crippen MR) is 132 cm³/mol. The molecule has 0 spiro atoms. The van der Waals surface area contributed by atoms with Gasteiger partial charge in [0.15, 0.2) is 0 Å². The van der Waals surface area contributed by atoms with Crippen LogP contribution >= 0.6 is 0 Å². The maximum absolute atomic E-state index is 9.10. The Balaban J connectivity index is 0.000000223. The van der Waals surface area contributed by atoms with Gasteiger partial charge in [0.25, 0.3) is 0 Å². The minimum absolute atomic E-state index is 0. The van der Waals surface area contributed by atoms with Gasteiger partial charge >= 0.3 is 0 Å². The molecule has 3 aromatic carbocycles. The Bertz CT molecular complexity index is 1420. The van der Waals surface area contributed by atoms with Crippen molar-refractivity contribution in [2.75, 3.05) is 0 Å². The normalized spacial score (nSPS) is 9.43. The van der Waals surface area contributed by atoms with Gasteiger partial charge < -0.3 is 4.98 Å². The van der Waals surface area contributed by atoms with E-state index in [-0.39, 0.29) is 25.7 Å². The number of pyridine rings is 2. The molecular formula is C30H18IrN4-2. The van der Waals surface area contributed by atoms with E-state index in [4.69, 9.17) is 10.5 Å². The number of hydrogen-bond acceptors (Lipinski definition) is 4. The summed E-state index contributed by atoms with van der Waals surface area (Å²) < 4.78 is 0. The zero-order valence-corrected chi connectivity index (χ0v) is 20.9. The van der Waals surface area contributed by atoms with E-state index < -0.39 is 0 Å². The largest absolute Gasteiger partial charge is 0.305 e. The van der Waals surface area contributed by atoms with Crippen molar-refractivity contribution in [3.63, 3.8) is 0 Å². The molecule has 4 nitrogen and oxygen atoms in total. The Kier molecular flexibility index (Phi) is 9.17. The van der Waals surface area contributed by atoms with Crippen molar-refractivity contribution in [1.82, 2.24) is 9.97 Å². The van der Waals surface area contributed by atoms with Crippen molar-refractivity contribution < 1.29 is 20.1 Å². The molecular weight excluding hydrogens is 609 g/mol. The van der Waals surface area contributed by atoms with Gasteiger partial charge in [-0.25, -0.2) is 10.5 Å². The Morgan fingerprint density at radius 3 is 2.09 bits per heavy atom. The zero-order chi connectivity index (χ0) is 23.6. The van der Waals surface area contributed by atoms with Crippen LogP contribution in [0.4, 0.5) is 0 Å². The van der Waals surface area contributed by atoms with E-state index in [0.717, 1.165) is 28.1 Å². The van der Waals surface area contributed by atoms with Gasteiger partial charge in [-0.1, -0.05) is 54.1 Å². The van der Waals surface area contributed by atoms with Crippen LogP contribution in [0.25, 0.3) is 33.6 Å². The second-order valence-corrected chi connectivity index (χ2v) is 7.17. The van der Waals surface area contributed by atoms with Crippen LogP contribution in [0.3, 0.4) is 0 Å². The van der Waals surface area contributed by atoms with E-state index in [1.54, 1.807) is 24.5 Å². The van der Waals surface area contributed by atoms with Gasteiger partial charge in [-0.3, -0.25) is 4.98 Å². The number of aromatic nitrogens is 2. The Morgan fingerprint density at radius 1 is 0.629 bits per heavy atom. The van der Waals surface area contributed by atoms with Gasteiger partial charge in [-0.15, -0.1) is 54.1 Å².